The molecule has 0 N–H and O–H groups in total. The van der Waals surface area contributed by atoms with E-state index < -0.39 is 22.0 Å². The van der Waals surface area contributed by atoms with Gasteiger partial charge in [0.05, 0.1) is 13.2 Å². The molecule has 0 heterocycles. The first-order valence-electron chi connectivity index (χ1n) is 10.1. The van der Waals surface area contributed by atoms with Gasteiger partial charge in [0, 0.05) is 0 Å². The summed E-state index contributed by atoms with van der Waals surface area (Å²) in [5.74, 6) is 3.31. The van der Waals surface area contributed by atoms with Gasteiger partial charge in [-0.2, -0.15) is 0 Å². The topological polar surface area (TPSA) is 44.8 Å². The molecular weight excluding hydrogens is 375 g/mol. The lowest BCUT2D eigenvalue weighted by Crippen LogP contribution is -2.30. The minimum atomic E-state index is -3.59. The molecule has 0 radical (unpaired) electrons. The van der Waals surface area contributed by atoms with E-state index in [1.807, 2.05) is 18.2 Å². The number of phosphoric ester groups is 1. The number of hydrogen-bond donors (Lipinski definition) is 0. The fourth-order valence-corrected chi connectivity index (χ4v) is 6.71. The first kappa shape index (κ1) is 24.1. The Morgan fingerprint density at radius 2 is 1.52 bits per heavy atom. The van der Waals surface area contributed by atoms with Crippen LogP contribution in [0.3, 0.4) is 0 Å². The average Bonchev–Trinajstić information content (AvgIpc) is 2.68. The van der Waals surface area contributed by atoms with Crippen molar-refractivity contribution in [3.8, 4) is 11.5 Å². The van der Waals surface area contributed by atoms with Gasteiger partial charge in [-0.1, -0.05) is 57.0 Å². The SMILES string of the molecule is CCOP(=O)(OCC)OC(C#C[Si](CC)(CC)CC)CCc1ccccc1. The fourth-order valence-electron chi connectivity index (χ4n) is 2.91. The zero-order valence-electron chi connectivity index (χ0n) is 17.5. The Bertz CT molecular complexity index is 616. The molecule has 0 aliphatic heterocycles. The van der Waals surface area contributed by atoms with Crippen LogP contribution in [0.5, 0.6) is 0 Å². The molecule has 152 valence electrons. The summed E-state index contributed by atoms with van der Waals surface area (Å²) in [6, 6.07) is 13.6. The zero-order valence-corrected chi connectivity index (χ0v) is 19.4. The Balaban J connectivity index is 3.02. The molecule has 1 rings (SSSR count). The van der Waals surface area contributed by atoms with Gasteiger partial charge in [-0.25, -0.2) is 4.57 Å². The molecule has 27 heavy (non-hydrogen) atoms. The van der Waals surface area contributed by atoms with Crippen molar-refractivity contribution in [2.24, 2.45) is 0 Å². The van der Waals surface area contributed by atoms with Gasteiger partial charge in [0.25, 0.3) is 0 Å². The van der Waals surface area contributed by atoms with Crippen molar-refractivity contribution in [3.63, 3.8) is 0 Å². The maximum atomic E-state index is 12.8. The molecule has 6 heteroatoms. The molecule has 1 aromatic rings. The van der Waals surface area contributed by atoms with Gasteiger partial charge in [-0.3, -0.25) is 13.6 Å². The minimum absolute atomic E-state index is 0.272. The number of aryl methyl sites for hydroxylation is 1. The van der Waals surface area contributed by atoms with Crippen LogP contribution < -0.4 is 0 Å². The Labute approximate surface area is 166 Å². The summed E-state index contributed by atoms with van der Waals surface area (Å²) in [4.78, 5) is 0. The van der Waals surface area contributed by atoms with Crippen molar-refractivity contribution < 1.29 is 18.1 Å². The van der Waals surface area contributed by atoms with E-state index in [0.717, 1.165) is 24.6 Å². The van der Waals surface area contributed by atoms with Crippen LogP contribution in [0.25, 0.3) is 0 Å². The van der Waals surface area contributed by atoms with Crippen LogP contribution in [0.15, 0.2) is 30.3 Å². The van der Waals surface area contributed by atoms with Crippen LogP contribution in [-0.2, 0) is 24.6 Å². The van der Waals surface area contributed by atoms with Crippen LogP contribution in [0, 0.1) is 11.5 Å². The average molecular weight is 411 g/mol. The van der Waals surface area contributed by atoms with Crippen LogP contribution in [0.2, 0.25) is 18.1 Å². The summed E-state index contributed by atoms with van der Waals surface area (Å²) in [7, 11) is -5.20. The van der Waals surface area contributed by atoms with Gasteiger partial charge in [-0.05, 0) is 50.4 Å². The lowest BCUT2D eigenvalue weighted by molar-refractivity contribution is 0.101. The molecular formula is C21H35O4PSi. The van der Waals surface area contributed by atoms with E-state index >= 15 is 0 Å². The van der Waals surface area contributed by atoms with E-state index in [9.17, 15) is 4.57 Å². The lowest BCUT2D eigenvalue weighted by Gasteiger charge is -2.23. The Morgan fingerprint density at radius 1 is 0.963 bits per heavy atom. The molecule has 1 aromatic carbocycles. The van der Waals surface area contributed by atoms with E-state index in [1.165, 1.54) is 5.56 Å². The summed E-state index contributed by atoms with van der Waals surface area (Å²) < 4.78 is 29.3. The molecule has 0 aromatic heterocycles. The molecule has 4 nitrogen and oxygen atoms in total. The van der Waals surface area contributed by atoms with E-state index in [1.54, 1.807) is 13.8 Å². The molecule has 0 aliphatic carbocycles. The highest BCUT2D eigenvalue weighted by molar-refractivity contribution is 7.48. The van der Waals surface area contributed by atoms with Crippen LogP contribution in [-0.4, -0.2) is 27.4 Å². The van der Waals surface area contributed by atoms with Crippen molar-refractivity contribution in [1.29, 1.82) is 0 Å². The van der Waals surface area contributed by atoms with Gasteiger partial charge >= 0.3 is 7.82 Å². The van der Waals surface area contributed by atoms with Crippen molar-refractivity contribution in [3.05, 3.63) is 35.9 Å². The predicted molar refractivity (Wildman–Crippen MR) is 115 cm³/mol. The molecule has 0 bridgehead atoms. The Hall–Kier alpha value is -0.893. The summed E-state index contributed by atoms with van der Waals surface area (Å²) >= 11 is 0. The normalized spacial score (nSPS) is 13.1. The summed E-state index contributed by atoms with van der Waals surface area (Å²) in [5, 5.41) is 0. The second kappa shape index (κ2) is 12.5. The third-order valence-electron chi connectivity index (χ3n) is 4.90. The molecule has 0 saturated carbocycles. The quantitative estimate of drug-likeness (QED) is 0.232. The standard InChI is InChI=1S/C21H35O4PSi/c1-6-23-26(22,24-7-2)25-21(17-16-20-14-12-11-13-15-20)18-19-27(8-3,9-4)10-5/h11-15,21H,6-10,16-17H2,1-5H3. The Morgan fingerprint density at radius 3 is 2.00 bits per heavy atom. The van der Waals surface area contributed by atoms with Crippen molar-refractivity contribution in [2.75, 3.05) is 13.2 Å². The van der Waals surface area contributed by atoms with Gasteiger partial charge in [-0.15, -0.1) is 5.54 Å². The molecule has 0 fully saturated rings. The molecule has 1 atom stereocenters. The van der Waals surface area contributed by atoms with Crippen molar-refractivity contribution in [2.45, 2.75) is 71.7 Å². The van der Waals surface area contributed by atoms with Gasteiger partial charge in [0.15, 0.2) is 0 Å². The largest absolute Gasteiger partial charge is 0.475 e. The third kappa shape index (κ3) is 8.33. The summed E-state index contributed by atoms with van der Waals surface area (Å²) in [5.41, 5.74) is 4.77. The first-order chi connectivity index (χ1) is 13.0. The van der Waals surface area contributed by atoms with E-state index in [2.05, 4.69) is 44.4 Å². The van der Waals surface area contributed by atoms with Gasteiger partial charge in [0.1, 0.15) is 14.2 Å². The zero-order chi connectivity index (χ0) is 20.2. The minimum Gasteiger partial charge on any atom is -0.287 e. The van der Waals surface area contributed by atoms with Gasteiger partial charge < -0.3 is 0 Å². The predicted octanol–water partition coefficient (Wildman–Crippen LogP) is 6.24. The summed E-state index contributed by atoms with van der Waals surface area (Å²) in [6.45, 7) is 10.8. The van der Waals surface area contributed by atoms with Crippen LogP contribution in [0.1, 0.15) is 46.6 Å². The molecule has 0 spiro atoms. The highest BCUT2D eigenvalue weighted by Crippen LogP contribution is 2.50. The second-order valence-electron chi connectivity index (χ2n) is 6.51. The van der Waals surface area contributed by atoms with Crippen LogP contribution in [0.4, 0.5) is 0 Å². The monoisotopic (exact) mass is 410 g/mol. The van der Waals surface area contributed by atoms with E-state index in [4.69, 9.17) is 13.6 Å². The third-order valence-corrected chi connectivity index (χ3v) is 11.3. The highest BCUT2D eigenvalue weighted by Gasteiger charge is 2.30. The molecule has 1 unspecified atom stereocenters. The molecule has 0 amide bonds. The lowest BCUT2D eigenvalue weighted by atomic mass is 10.1. The van der Waals surface area contributed by atoms with Crippen molar-refractivity contribution >= 4 is 15.9 Å². The number of rotatable bonds is 12. The van der Waals surface area contributed by atoms with Crippen molar-refractivity contribution in [1.82, 2.24) is 0 Å². The Kier molecular flexibility index (Phi) is 11.2. The highest BCUT2D eigenvalue weighted by atomic mass is 31.2. The van der Waals surface area contributed by atoms with Gasteiger partial charge in [0.2, 0.25) is 0 Å². The fraction of sp³-hybridized carbons (Fsp3) is 0.619. The molecule has 0 saturated heterocycles. The number of phosphoric acid groups is 1. The maximum absolute atomic E-state index is 12.8. The number of benzene rings is 1. The van der Waals surface area contributed by atoms with E-state index in [-0.39, 0.29) is 13.2 Å². The summed E-state index contributed by atoms with van der Waals surface area (Å²) in [6.07, 6.45) is 0.991. The second-order valence-corrected chi connectivity index (χ2v) is 13.1. The van der Waals surface area contributed by atoms with E-state index in [0.29, 0.717) is 6.42 Å². The molecule has 0 aliphatic rings. The smallest absolute Gasteiger partial charge is 0.287 e. The first-order valence-corrected chi connectivity index (χ1v) is 14.2. The number of hydrogen-bond acceptors (Lipinski definition) is 4. The maximum Gasteiger partial charge on any atom is 0.475 e. The van der Waals surface area contributed by atoms with Crippen LogP contribution >= 0.6 is 7.82 Å².